The molecule has 0 unspecified atom stereocenters. The summed E-state index contributed by atoms with van der Waals surface area (Å²) in [5, 5.41) is 0.885. The van der Waals surface area contributed by atoms with Crippen molar-refractivity contribution in [2.75, 3.05) is 6.61 Å². The summed E-state index contributed by atoms with van der Waals surface area (Å²) in [6.45, 7) is -0.111. The van der Waals surface area contributed by atoms with Gasteiger partial charge in [-0.05, 0) is 36.4 Å². The van der Waals surface area contributed by atoms with Gasteiger partial charge in [-0.1, -0.05) is 18.2 Å². The van der Waals surface area contributed by atoms with Crippen molar-refractivity contribution >= 4 is 23.0 Å². The first-order valence-electron chi connectivity index (χ1n) is 6.46. The van der Waals surface area contributed by atoms with E-state index in [2.05, 4.69) is 0 Å². The zero-order valence-corrected chi connectivity index (χ0v) is 11.1. The fraction of sp³-hybridized carbons (Fsp3) is 0.0588. The Kier molecular flexibility index (Phi) is 3.51. The lowest BCUT2D eigenvalue weighted by Gasteiger charge is -2.03. The fourth-order valence-electron chi connectivity index (χ4n) is 1.98. The molecule has 4 nitrogen and oxygen atoms in total. The van der Waals surface area contributed by atoms with E-state index in [1.54, 1.807) is 30.3 Å². The van der Waals surface area contributed by atoms with Crippen LogP contribution >= 0.6 is 0 Å². The molecule has 4 heteroatoms. The number of ether oxygens (including phenoxy) is 1. The molecule has 0 radical (unpaired) electrons. The lowest BCUT2D eigenvalue weighted by atomic mass is 10.2. The number of furan rings is 1. The molecule has 0 spiro atoms. The molecule has 3 aromatic rings. The average molecular weight is 280 g/mol. The van der Waals surface area contributed by atoms with Gasteiger partial charge in [-0.15, -0.1) is 0 Å². The summed E-state index contributed by atoms with van der Waals surface area (Å²) in [7, 11) is 0. The minimum absolute atomic E-state index is 0.111. The molecule has 1 aromatic heterocycles. The summed E-state index contributed by atoms with van der Waals surface area (Å²) in [5.41, 5.74) is 1.24. The predicted octanol–water partition coefficient (Wildman–Crippen LogP) is 3.51. The zero-order valence-electron chi connectivity index (χ0n) is 11.1. The molecule has 0 amide bonds. The highest BCUT2D eigenvalue weighted by atomic mass is 16.5. The van der Waals surface area contributed by atoms with Gasteiger partial charge in [-0.25, -0.2) is 0 Å². The first kappa shape index (κ1) is 13.1. The van der Waals surface area contributed by atoms with Crippen molar-refractivity contribution in [2.24, 2.45) is 0 Å². The summed E-state index contributed by atoms with van der Waals surface area (Å²) in [4.78, 5) is 22.6. The third-order valence-electron chi connectivity index (χ3n) is 3.09. The Balaban J connectivity index is 1.69. The minimum Gasteiger partial charge on any atom is -0.485 e. The maximum absolute atomic E-state index is 12.0. The standard InChI is InChI=1S/C17H12O4/c18-10-12-5-7-14(8-6-12)20-11-15(19)17-9-13-3-1-2-4-16(13)21-17/h1-10H,11H2. The van der Waals surface area contributed by atoms with Gasteiger partial charge in [0, 0.05) is 10.9 Å². The van der Waals surface area contributed by atoms with Crippen molar-refractivity contribution in [1.29, 1.82) is 0 Å². The van der Waals surface area contributed by atoms with E-state index in [1.165, 1.54) is 0 Å². The number of hydrogen-bond acceptors (Lipinski definition) is 4. The number of rotatable bonds is 5. The van der Waals surface area contributed by atoms with Gasteiger partial charge in [0.05, 0.1) is 0 Å². The molecule has 104 valence electrons. The fourth-order valence-corrected chi connectivity index (χ4v) is 1.98. The third kappa shape index (κ3) is 2.84. The Hall–Kier alpha value is -2.88. The van der Waals surface area contributed by atoms with Crippen LogP contribution in [0.3, 0.4) is 0 Å². The van der Waals surface area contributed by atoms with Crippen LogP contribution in [-0.4, -0.2) is 18.7 Å². The largest absolute Gasteiger partial charge is 0.485 e. The SMILES string of the molecule is O=Cc1ccc(OCC(=O)c2cc3ccccc3o2)cc1. The van der Waals surface area contributed by atoms with Crippen LogP contribution in [0.25, 0.3) is 11.0 Å². The van der Waals surface area contributed by atoms with Gasteiger partial charge >= 0.3 is 0 Å². The van der Waals surface area contributed by atoms with E-state index in [4.69, 9.17) is 9.15 Å². The number of carbonyl (C=O) groups is 2. The molecule has 0 bridgehead atoms. The van der Waals surface area contributed by atoms with E-state index < -0.39 is 0 Å². The van der Waals surface area contributed by atoms with Crippen molar-refractivity contribution in [3.63, 3.8) is 0 Å². The highest BCUT2D eigenvalue weighted by Gasteiger charge is 2.12. The molecule has 0 N–H and O–H groups in total. The number of carbonyl (C=O) groups excluding carboxylic acids is 2. The van der Waals surface area contributed by atoms with Crippen LogP contribution in [0.2, 0.25) is 0 Å². The molecule has 0 saturated carbocycles. The van der Waals surface area contributed by atoms with Crippen molar-refractivity contribution in [2.45, 2.75) is 0 Å². The summed E-state index contributed by atoms with van der Waals surface area (Å²) < 4.78 is 10.9. The van der Waals surface area contributed by atoms with Crippen molar-refractivity contribution < 1.29 is 18.7 Å². The number of benzene rings is 2. The van der Waals surface area contributed by atoms with E-state index >= 15 is 0 Å². The number of fused-ring (bicyclic) bond motifs is 1. The number of para-hydroxylation sites is 1. The van der Waals surface area contributed by atoms with Gasteiger partial charge in [0.15, 0.2) is 12.4 Å². The second-order valence-corrected chi connectivity index (χ2v) is 4.55. The molecule has 0 fully saturated rings. The Labute approximate surface area is 120 Å². The number of aldehydes is 1. The molecule has 0 atom stereocenters. The second-order valence-electron chi connectivity index (χ2n) is 4.55. The maximum Gasteiger partial charge on any atom is 0.235 e. The molecule has 3 rings (SSSR count). The zero-order chi connectivity index (χ0) is 14.7. The normalized spacial score (nSPS) is 10.5. The van der Waals surface area contributed by atoms with Crippen LogP contribution in [0, 0.1) is 0 Å². The highest BCUT2D eigenvalue weighted by Crippen LogP contribution is 2.19. The van der Waals surface area contributed by atoms with Crippen molar-refractivity contribution in [3.05, 3.63) is 65.9 Å². The monoisotopic (exact) mass is 280 g/mol. The van der Waals surface area contributed by atoms with Crippen LogP contribution in [-0.2, 0) is 0 Å². The second kappa shape index (κ2) is 5.63. The Morgan fingerprint density at radius 3 is 2.57 bits per heavy atom. The van der Waals surface area contributed by atoms with Crippen LogP contribution in [0.15, 0.2) is 59.0 Å². The molecular weight excluding hydrogens is 268 g/mol. The molecular formula is C17H12O4. The van der Waals surface area contributed by atoms with Gasteiger partial charge in [0.2, 0.25) is 5.78 Å². The van der Waals surface area contributed by atoms with E-state index in [0.29, 0.717) is 16.9 Å². The molecule has 0 aliphatic carbocycles. The summed E-state index contributed by atoms with van der Waals surface area (Å²) >= 11 is 0. The predicted molar refractivity (Wildman–Crippen MR) is 77.9 cm³/mol. The van der Waals surface area contributed by atoms with Crippen LogP contribution < -0.4 is 4.74 Å². The Bertz CT molecular complexity index is 751. The van der Waals surface area contributed by atoms with Gasteiger partial charge in [-0.2, -0.15) is 0 Å². The van der Waals surface area contributed by atoms with Gasteiger partial charge in [0.1, 0.15) is 17.6 Å². The van der Waals surface area contributed by atoms with E-state index in [9.17, 15) is 9.59 Å². The average Bonchev–Trinajstić information content (AvgIpc) is 2.97. The summed E-state index contributed by atoms with van der Waals surface area (Å²) in [6, 6.07) is 15.7. The third-order valence-corrected chi connectivity index (χ3v) is 3.09. The molecule has 0 aliphatic heterocycles. The molecule has 0 aliphatic rings. The lowest BCUT2D eigenvalue weighted by Crippen LogP contribution is -2.10. The number of ketones is 1. The maximum atomic E-state index is 12.0. The summed E-state index contributed by atoms with van der Waals surface area (Å²) in [6.07, 6.45) is 0.753. The van der Waals surface area contributed by atoms with Crippen LogP contribution in [0.5, 0.6) is 5.75 Å². The van der Waals surface area contributed by atoms with Crippen LogP contribution in [0.1, 0.15) is 20.9 Å². The Morgan fingerprint density at radius 1 is 1.10 bits per heavy atom. The smallest absolute Gasteiger partial charge is 0.235 e. The quantitative estimate of drug-likeness (QED) is 0.530. The highest BCUT2D eigenvalue weighted by molar-refractivity contribution is 5.98. The first-order valence-corrected chi connectivity index (χ1v) is 6.46. The van der Waals surface area contributed by atoms with E-state index in [-0.39, 0.29) is 18.2 Å². The van der Waals surface area contributed by atoms with E-state index in [0.717, 1.165) is 11.7 Å². The molecule has 1 heterocycles. The van der Waals surface area contributed by atoms with Gasteiger partial charge < -0.3 is 9.15 Å². The van der Waals surface area contributed by atoms with E-state index in [1.807, 2.05) is 24.3 Å². The Morgan fingerprint density at radius 2 is 1.86 bits per heavy atom. The van der Waals surface area contributed by atoms with Crippen molar-refractivity contribution in [3.8, 4) is 5.75 Å². The number of hydrogen-bond donors (Lipinski definition) is 0. The molecule has 2 aromatic carbocycles. The molecule has 21 heavy (non-hydrogen) atoms. The number of Topliss-reactive ketones (excluding diaryl/α,β-unsaturated/α-hetero) is 1. The lowest BCUT2D eigenvalue weighted by molar-refractivity contribution is 0.0895. The van der Waals surface area contributed by atoms with Gasteiger partial charge in [0.25, 0.3) is 0 Å². The first-order chi connectivity index (χ1) is 10.3. The van der Waals surface area contributed by atoms with Gasteiger partial charge in [-0.3, -0.25) is 9.59 Å². The minimum atomic E-state index is -0.231. The molecule has 0 saturated heterocycles. The van der Waals surface area contributed by atoms with Crippen molar-refractivity contribution in [1.82, 2.24) is 0 Å². The van der Waals surface area contributed by atoms with Crippen LogP contribution in [0.4, 0.5) is 0 Å². The summed E-state index contributed by atoms with van der Waals surface area (Å²) in [5.74, 6) is 0.580. The topological polar surface area (TPSA) is 56.5 Å².